The zero-order valence-electron chi connectivity index (χ0n) is 14.8. The fraction of sp³-hybridized carbons (Fsp3) is 0.286. The Kier molecular flexibility index (Phi) is 6.28. The molecule has 1 fully saturated rings. The lowest BCUT2D eigenvalue weighted by Gasteiger charge is -2.14. The molecule has 5 heteroatoms. The topological polar surface area (TPSA) is 56.8 Å². The van der Waals surface area contributed by atoms with Crippen molar-refractivity contribution in [2.75, 3.05) is 25.6 Å². The monoisotopic (exact) mass is 353 g/mol. The lowest BCUT2D eigenvalue weighted by Crippen LogP contribution is -2.17. The molecule has 1 aliphatic rings. The summed E-state index contributed by atoms with van der Waals surface area (Å²) >= 11 is 0. The van der Waals surface area contributed by atoms with Gasteiger partial charge in [0.25, 0.3) is 0 Å². The van der Waals surface area contributed by atoms with Crippen molar-refractivity contribution in [1.29, 1.82) is 0 Å². The molecule has 0 spiro atoms. The molecular formula is C21H23NO4. The summed E-state index contributed by atoms with van der Waals surface area (Å²) in [7, 11) is 1.61. The minimum absolute atomic E-state index is 0.129. The zero-order chi connectivity index (χ0) is 18.2. The van der Waals surface area contributed by atoms with Gasteiger partial charge in [0, 0.05) is 18.2 Å². The van der Waals surface area contributed by atoms with E-state index in [1.807, 2.05) is 48.5 Å². The number of amides is 1. The van der Waals surface area contributed by atoms with Crippen LogP contribution in [0.5, 0.6) is 11.5 Å². The lowest BCUT2D eigenvalue weighted by atomic mass is 10.2. The van der Waals surface area contributed by atoms with Crippen LogP contribution in [0.1, 0.15) is 18.4 Å². The first-order valence-electron chi connectivity index (χ1n) is 8.72. The summed E-state index contributed by atoms with van der Waals surface area (Å²) in [6.45, 7) is 1.28. The molecular weight excluding hydrogens is 330 g/mol. The largest absolute Gasteiger partial charge is 0.496 e. The van der Waals surface area contributed by atoms with E-state index in [-0.39, 0.29) is 12.0 Å². The molecule has 1 aliphatic heterocycles. The van der Waals surface area contributed by atoms with Crippen LogP contribution < -0.4 is 14.8 Å². The van der Waals surface area contributed by atoms with Crippen LogP contribution in [0.25, 0.3) is 6.08 Å². The van der Waals surface area contributed by atoms with Crippen LogP contribution in [-0.4, -0.2) is 32.3 Å². The molecule has 1 heterocycles. The van der Waals surface area contributed by atoms with Gasteiger partial charge in [0.2, 0.25) is 5.91 Å². The van der Waals surface area contributed by atoms with Crippen molar-refractivity contribution >= 4 is 17.7 Å². The van der Waals surface area contributed by atoms with Gasteiger partial charge in [0.1, 0.15) is 18.1 Å². The number of hydrogen-bond donors (Lipinski definition) is 1. The Hall–Kier alpha value is -2.79. The predicted molar refractivity (Wildman–Crippen MR) is 102 cm³/mol. The minimum Gasteiger partial charge on any atom is -0.496 e. The number of nitrogens with one attached hydrogen (secondary N) is 1. The van der Waals surface area contributed by atoms with Gasteiger partial charge in [-0.25, -0.2) is 0 Å². The van der Waals surface area contributed by atoms with Gasteiger partial charge in [-0.2, -0.15) is 0 Å². The molecule has 26 heavy (non-hydrogen) atoms. The standard InChI is InChI=1S/C21H23NO4/c1-24-19-10-4-2-7-16(19)12-13-21(23)22-18-9-3-5-11-20(18)26-15-17-8-6-14-25-17/h2-5,7,9-13,17H,6,8,14-15H2,1H3,(H,22,23)/b13-12+. The molecule has 0 bridgehead atoms. The summed E-state index contributed by atoms with van der Waals surface area (Å²) in [5, 5.41) is 2.86. The van der Waals surface area contributed by atoms with Crippen molar-refractivity contribution in [3.63, 3.8) is 0 Å². The van der Waals surface area contributed by atoms with Gasteiger partial charge in [-0.3, -0.25) is 4.79 Å². The Morgan fingerprint density at radius 2 is 1.96 bits per heavy atom. The van der Waals surface area contributed by atoms with Gasteiger partial charge in [-0.15, -0.1) is 0 Å². The van der Waals surface area contributed by atoms with E-state index in [2.05, 4.69) is 5.32 Å². The van der Waals surface area contributed by atoms with Gasteiger partial charge in [0.15, 0.2) is 0 Å². The van der Waals surface area contributed by atoms with Gasteiger partial charge in [0.05, 0.1) is 18.9 Å². The molecule has 0 saturated carbocycles. The van der Waals surface area contributed by atoms with Gasteiger partial charge >= 0.3 is 0 Å². The maximum atomic E-state index is 12.3. The number of benzene rings is 2. The van der Waals surface area contributed by atoms with E-state index in [0.717, 1.165) is 30.8 Å². The highest BCUT2D eigenvalue weighted by atomic mass is 16.5. The number of rotatable bonds is 7. The molecule has 1 amide bonds. The Balaban J connectivity index is 1.62. The van der Waals surface area contributed by atoms with Crippen LogP contribution in [0.3, 0.4) is 0 Å². The summed E-state index contributed by atoms with van der Waals surface area (Å²) in [4.78, 5) is 12.3. The van der Waals surface area contributed by atoms with E-state index in [1.165, 1.54) is 6.08 Å². The average Bonchev–Trinajstić information content (AvgIpc) is 3.19. The number of anilines is 1. The van der Waals surface area contributed by atoms with Gasteiger partial charge in [-0.05, 0) is 37.1 Å². The minimum atomic E-state index is -0.232. The molecule has 3 rings (SSSR count). The summed E-state index contributed by atoms with van der Waals surface area (Å²) in [6.07, 6.45) is 5.42. The first kappa shape index (κ1) is 18.0. The molecule has 1 atom stereocenters. The second kappa shape index (κ2) is 9.06. The van der Waals surface area contributed by atoms with Crippen LogP contribution in [0.4, 0.5) is 5.69 Å². The zero-order valence-corrected chi connectivity index (χ0v) is 14.8. The fourth-order valence-electron chi connectivity index (χ4n) is 2.80. The van der Waals surface area contributed by atoms with Crippen molar-refractivity contribution in [2.24, 2.45) is 0 Å². The summed E-state index contributed by atoms with van der Waals surface area (Å²) in [5.41, 5.74) is 1.48. The molecule has 1 saturated heterocycles. The second-order valence-electron chi connectivity index (χ2n) is 6.01. The van der Waals surface area contributed by atoms with Crippen molar-refractivity contribution < 1.29 is 19.0 Å². The van der Waals surface area contributed by atoms with E-state index in [1.54, 1.807) is 13.2 Å². The molecule has 1 N–H and O–H groups in total. The molecule has 0 aromatic heterocycles. The predicted octanol–water partition coefficient (Wildman–Crippen LogP) is 3.90. The normalized spacial score (nSPS) is 16.6. The third kappa shape index (κ3) is 4.86. The Bertz CT molecular complexity index is 766. The van der Waals surface area contributed by atoms with E-state index < -0.39 is 0 Å². The first-order valence-corrected chi connectivity index (χ1v) is 8.72. The average molecular weight is 353 g/mol. The number of para-hydroxylation sites is 3. The molecule has 0 aliphatic carbocycles. The van der Waals surface area contributed by atoms with Gasteiger partial charge < -0.3 is 19.5 Å². The fourth-order valence-corrected chi connectivity index (χ4v) is 2.80. The maximum absolute atomic E-state index is 12.3. The summed E-state index contributed by atoms with van der Waals surface area (Å²) < 4.78 is 16.7. The van der Waals surface area contributed by atoms with Crippen LogP contribution in [0.15, 0.2) is 54.6 Å². The highest BCUT2D eigenvalue weighted by Gasteiger charge is 2.17. The van der Waals surface area contributed by atoms with E-state index in [0.29, 0.717) is 18.0 Å². The van der Waals surface area contributed by atoms with Crippen LogP contribution >= 0.6 is 0 Å². The number of carbonyl (C=O) groups excluding carboxylic acids is 1. The van der Waals surface area contributed by atoms with Crippen LogP contribution in [0.2, 0.25) is 0 Å². The van der Waals surface area contributed by atoms with Crippen molar-refractivity contribution in [1.82, 2.24) is 0 Å². The quantitative estimate of drug-likeness (QED) is 0.767. The van der Waals surface area contributed by atoms with E-state index in [9.17, 15) is 4.79 Å². The maximum Gasteiger partial charge on any atom is 0.248 e. The third-order valence-corrected chi connectivity index (χ3v) is 4.15. The van der Waals surface area contributed by atoms with Gasteiger partial charge in [-0.1, -0.05) is 30.3 Å². The van der Waals surface area contributed by atoms with E-state index in [4.69, 9.17) is 14.2 Å². The lowest BCUT2D eigenvalue weighted by molar-refractivity contribution is -0.111. The Morgan fingerprint density at radius 1 is 1.19 bits per heavy atom. The SMILES string of the molecule is COc1ccccc1/C=C/C(=O)Nc1ccccc1OCC1CCCO1. The van der Waals surface area contributed by atoms with Crippen molar-refractivity contribution in [3.05, 3.63) is 60.2 Å². The Morgan fingerprint density at radius 3 is 2.73 bits per heavy atom. The number of hydrogen-bond acceptors (Lipinski definition) is 4. The van der Waals surface area contributed by atoms with Crippen LogP contribution in [-0.2, 0) is 9.53 Å². The van der Waals surface area contributed by atoms with Crippen molar-refractivity contribution in [3.8, 4) is 11.5 Å². The third-order valence-electron chi connectivity index (χ3n) is 4.15. The smallest absolute Gasteiger partial charge is 0.248 e. The number of carbonyl (C=O) groups is 1. The molecule has 136 valence electrons. The molecule has 2 aromatic carbocycles. The highest BCUT2D eigenvalue weighted by molar-refractivity contribution is 6.02. The molecule has 0 radical (unpaired) electrons. The van der Waals surface area contributed by atoms with E-state index >= 15 is 0 Å². The highest BCUT2D eigenvalue weighted by Crippen LogP contribution is 2.25. The summed E-state index contributed by atoms with van der Waals surface area (Å²) in [5.74, 6) is 1.13. The van der Waals surface area contributed by atoms with Crippen molar-refractivity contribution in [2.45, 2.75) is 18.9 Å². The molecule has 5 nitrogen and oxygen atoms in total. The number of ether oxygens (including phenoxy) is 3. The Labute approximate surface area is 153 Å². The number of methoxy groups -OCH3 is 1. The molecule has 2 aromatic rings. The molecule has 1 unspecified atom stereocenters. The first-order chi connectivity index (χ1) is 12.8. The second-order valence-corrected chi connectivity index (χ2v) is 6.01. The van der Waals surface area contributed by atoms with Crippen LogP contribution in [0, 0.1) is 0 Å². The summed E-state index contributed by atoms with van der Waals surface area (Å²) in [6, 6.07) is 14.9.